The Morgan fingerprint density at radius 3 is 3.18 bits per heavy atom. The molecule has 0 unspecified atom stereocenters. The molecular weight excluding hydrogens is 160 g/mol. The number of hydrogen-bond acceptors (Lipinski definition) is 1. The molecule has 0 spiro atoms. The van der Waals surface area contributed by atoms with Crippen LogP contribution in [0.15, 0.2) is 18.2 Å². The quantitative estimate of drug-likeness (QED) is 0.584. The summed E-state index contributed by atoms with van der Waals surface area (Å²) in [6.45, 7) is 0. The van der Waals surface area contributed by atoms with Crippen LogP contribution in [0.3, 0.4) is 0 Å². The van der Waals surface area contributed by atoms with Gasteiger partial charge in [-0.25, -0.2) is 0 Å². The van der Waals surface area contributed by atoms with Gasteiger partial charge in [-0.05, 0) is 18.2 Å². The summed E-state index contributed by atoms with van der Waals surface area (Å²) in [5, 5.41) is 5.65. The minimum Gasteiger partial charge on any atom is -0.267 e. The fourth-order valence-corrected chi connectivity index (χ4v) is 1.23. The van der Waals surface area contributed by atoms with Crippen molar-refractivity contribution in [3.05, 3.63) is 29.4 Å². The Balaban J connectivity index is 2.86. The van der Waals surface area contributed by atoms with Crippen molar-refractivity contribution in [2.45, 2.75) is 0 Å². The van der Waals surface area contributed by atoms with E-state index in [1.165, 1.54) is 0 Å². The number of fused-ring (bicyclic) bond motifs is 1. The first-order chi connectivity index (χ1) is 5.27. The second-order valence-electron chi connectivity index (χ2n) is 2.40. The SMILES string of the molecule is Cn1n[c]c2cc(Cl)ccc21. The van der Waals surface area contributed by atoms with E-state index in [-0.39, 0.29) is 0 Å². The molecule has 0 N–H and O–H groups in total. The average molecular weight is 166 g/mol. The summed E-state index contributed by atoms with van der Waals surface area (Å²) in [6.07, 6.45) is 2.86. The fourth-order valence-electron chi connectivity index (χ4n) is 1.06. The lowest BCUT2D eigenvalue weighted by Crippen LogP contribution is -1.87. The Labute approximate surface area is 69.4 Å². The largest absolute Gasteiger partial charge is 0.267 e. The van der Waals surface area contributed by atoms with Gasteiger partial charge in [0.1, 0.15) is 6.20 Å². The molecule has 2 nitrogen and oxygen atoms in total. The van der Waals surface area contributed by atoms with Crippen molar-refractivity contribution >= 4 is 22.5 Å². The molecule has 2 aromatic rings. The van der Waals surface area contributed by atoms with Gasteiger partial charge in [-0.1, -0.05) is 11.6 Å². The maximum atomic E-state index is 5.77. The third-order valence-electron chi connectivity index (χ3n) is 1.63. The zero-order valence-corrected chi connectivity index (χ0v) is 6.76. The number of halogens is 1. The zero-order chi connectivity index (χ0) is 7.84. The van der Waals surface area contributed by atoms with Gasteiger partial charge >= 0.3 is 0 Å². The van der Waals surface area contributed by atoms with Crippen LogP contribution in [0.25, 0.3) is 10.9 Å². The van der Waals surface area contributed by atoms with Crippen molar-refractivity contribution in [1.82, 2.24) is 9.78 Å². The lowest BCUT2D eigenvalue weighted by atomic mass is 10.3. The highest BCUT2D eigenvalue weighted by molar-refractivity contribution is 6.31. The molecule has 0 aliphatic rings. The van der Waals surface area contributed by atoms with Gasteiger partial charge in [0.2, 0.25) is 0 Å². The Kier molecular flexibility index (Phi) is 1.36. The van der Waals surface area contributed by atoms with Gasteiger partial charge < -0.3 is 0 Å². The first-order valence-corrected chi connectivity index (χ1v) is 3.65. The van der Waals surface area contributed by atoms with Crippen LogP contribution in [0, 0.1) is 6.20 Å². The Morgan fingerprint density at radius 1 is 1.55 bits per heavy atom. The van der Waals surface area contributed by atoms with Gasteiger partial charge in [0, 0.05) is 17.5 Å². The third kappa shape index (κ3) is 0.994. The molecular formula is C8H6ClN2. The Hall–Kier alpha value is -1.02. The highest BCUT2D eigenvalue weighted by atomic mass is 35.5. The number of aromatic nitrogens is 2. The zero-order valence-electron chi connectivity index (χ0n) is 6.00. The number of benzene rings is 1. The molecule has 0 saturated heterocycles. The molecule has 0 atom stereocenters. The molecule has 0 fully saturated rings. The van der Waals surface area contributed by atoms with Crippen LogP contribution in [-0.4, -0.2) is 9.78 Å². The van der Waals surface area contributed by atoms with Gasteiger partial charge in [-0.15, -0.1) is 0 Å². The van der Waals surface area contributed by atoms with E-state index < -0.39 is 0 Å². The number of rotatable bonds is 0. The van der Waals surface area contributed by atoms with E-state index in [1.54, 1.807) is 4.68 Å². The molecule has 1 aromatic heterocycles. The fraction of sp³-hybridized carbons (Fsp3) is 0.125. The van der Waals surface area contributed by atoms with Crippen molar-refractivity contribution in [2.24, 2.45) is 7.05 Å². The first-order valence-electron chi connectivity index (χ1n) is 3.27. The summed E-state index contributed by atoms with van der Waals surface area (Å²) < 4.78 is 1.77. The van der Waals surface area contributed by atoms with Gasteiger partial charge in [0.15, 0.2) is 0 Å². The number of aryl methyl sites for hydroxylation is 1. The third-order valence-corrected chi connectivity index (χ3v) is 1.86. The predicted molar refractivity (Wildman–Crippen MR) is 44.6 cm³/mol. The molecule has 11 heavy (non-hydrogen) atoms. The molecule has 3 heteroatoms. The normalized spacial score (nSPS) is 10.7. The molecule has 1 heterocycles. The van der Waals surface area contributed by atoms with Crippen LogP contribution in [0.1, 0.15) is 0 Å². The summed E-state index contributed by atoms with van der Waals surface area (Å²) in [7, 11) is 1.88. The van der Waals surface area contributed by atoms with Gasteiger partial charge in [-0.3, -0.25) is 4.68 Å². The summed E-state index contributed by atoms with van der Waals surface area (Å²) in [6, 6.07) is 5.63. The van der Waals surface area contributed by atoms with E-state index in [2.05, 4.69) is 11.3 Å². The minimum atomic E-state index is 0.724. The van der Waals surface area contributed by atoms with Crippen molar-refractivity contribution in [3.8, 4) is 0 Å². The predicted octanol–water partition coefficient (Wildman–Crippen LogP) is 2.03. The van der Waals surface area contributed by atoms with E-state index in [0.29, 0.717) is 0 Å². The Bertz CT molecular complexity index is 392. The lowest BCUT2D eigenvalue weighted by Gasteiger charge is -1.92. The molecule has 0 bridgehead atoms. The molecule has 55 valence electrons. The second-order valence-corrected chi connectivity index (χ2v) is 2.83. The van der Waals surface area contributed by atoms with Crippen LogP contribution in [0.4, 0.5) is 0 Å². The van der Waals surface area contributed by atoms with Gasteiger partial charge in [0.25, 0.3) is 0 Å². The van der Waals surface area contributed by atoms with E-state index in [9.17, 15) is 0 Å². The monoisotopic (exact) mass is 165 g/mol. The lowest BCUT2D eigenvalue weighted by molar-refractivity contribution is 0.794. The smallest absolute Gasteiger partial charge is 0.121 e. The van der Waals surface area contributed by atoms with Crippen molar-refractivity contribution in [2.75, 3.05) is 0 Å². The van der Waals surface area contributed by atoms with Gasteiger partial charge in [-0.2, -0.15) is 5.10 Å². The number of hydrogen-bond donors (Lipinski definition) is 0. The molecule has 1 aromatic carbocycles. The highest BCUT2D eigenvalue weighted by Gasteiger charge is 1.98. The maximum absolute atomic E-state index is 5.77. The minimum absolute atomic E-state index is 0.724. The maximum Gasteiger partial charge on any atom is 0.121 e. The van der Waals surface area contributed by atoms with E-state index >= 15 is 0 Å². The molecule has 0 amide bonds. The van der Waals surface area contributed by atoms with Gasteiger partial charge in [0.05, 0.1) is 5.52 Å². The molecule has 0 saturated carbocycles. The van der Waals surface area contributed by atoms with E-state index in [0.717, 1.165) is 15.9 Å². The van der Waals surface area contributed by atoms with Crippen LogP contribution in [-0.2, 0) is 7.05 Å². The van der Waals surface area contributed by atoms with Crippen molar-refractivity contribution in [1.29, 1.82) is 0 Å². The summed E-state index contributed by atoms with van der Waals surface area (Å²) in [4.78, 5) is 0. The van der Waals surface area contributed by atoms with E-state index in [1.807, 2.05) is 25.2 Å². The van der Waals surface area contributed by atoms with Crippen LogP contribution in [0.5, 0.6) is 0 Å². The van der Waals surface area contributed by atoms with Crippen LogP contribution in [0.2, 0.25) is 5.02 Å². The standard InChI is InChI=1S/C8H6ClN2/c1-11-8-3-2-7(9)4-6(8)5-10-11/h2-4H,1H3. The molecule has 0 aliphatic carbocycles. The second kappa shape index (κ2) is 2.24. The highest BCUT2D eigenvalue weighted by Crippen LogP contribution is 2.17. The topological polar surface area (TPSA) is 17.8 Å². The molecule has 0 aliphatic heterocycles. The Morgan fingerprint density at radius 2 is 2.36 bits per heavy atom. The van der Waals surface area contributed by atoms with E-state index in [4.69, 9.17) is 11.6 Å². The van der Waals surface area contributed by atoms with Crippen LogP contribution >= 0.6 is 11.6 Å². The molecule has 1 radical (unpaired) electrons. The molecule has 2 rings (SSSR count). The van der Waals surface area contributed by atoms with Crippen molar-refractivity contribution in [3.63, 3.8) is 0 Å². The first kappa shape index (κ1) is 6.68. The number of nitrogens with zero attached hydrogens (tertiary/aromatic N) is 2. The summed E-state index contributed by atoms with van der Waals surface area (Å²) >= 11 is 5.77. The summed E-state index contributed by atoms with van der Waals surface area (Å²) in [5.74, 6) is 0. The summed E-state index contributed by atoms with van der Waals surface area (Å²) in [5.41, 5.74) is 1.05. The van der Waals surface area contributed by atoms with Crippen molar-refractivity contribution < 1.29 is 0 Å². The average Bonchev–Trinajstić information content (AvgIpc) is 2.32. The van der Waals surface area contributed by atoms with Crippen LogP contribution < -0.4 is 0 Å².